The van der Waals surface area contributed by atoms with E-state index in [9.17, 15) is 13.2 Å². The Labute approximate surface area is 187 Å². The maximum atomic E-state index is 12.8. The summed E-state index contributed by atoms with van der Waals surface area (Å²) in [5.74, 6) is 0.226. The molecule has 1 aromatic heterocycles. The van der Waals surface area contributed by atoms with E-state index in [0.29, 0.717) is 12.1 Å². The maximum Gasteiger partial charge on any atom is 0.184 e. The summed E-state index contributed by atoms with van der Waals surface area (Å²) in [6, 6.07) is 24.5. The molecule has 1 aliphatic rings. The number of hydrogen-bond donors (Lipinski definition) is 0. The molecule has 0 bridgehead atoms. The van der Waals surface area contributed by atoms with Crippen LogP contribution in [0.1, 0.15) is 29.2 Å². The van der Waals surface area contributed by atoms with Crippen molar-refractivity contribution in [2.45, 2.75) is 29.4 Å². The molecule has 32 heavy (non-hydrogen) atoms. The van der Waals surface area contributed by atoms with Crippen molar-refractivity contribution in [3.8, 4) is 0 Å². The maximum absolute atomic E-state index is 12.8. The van der Waals surface area contributed by atoms with E-state index >= 15 is 0 Å². The zero-order valence-corrected chi connectivity index (χ0v) is 18.2. The molecule has 160 valence electrons. The molecule has 0 spiro atoms. The number of ketones is 1. The van der Waals surface area contributed by atoms with E-state index < -0.39 is 9.84 Å². The number of benzene rings is 3. The lowest BCUT2D eigenvalue weighted by atomic mass is 10.00. The highest BCUT2D eigenvalue weighted by Gasteiger charge is 2.43. The van der Waals surface area contributed by atoms with E-state index in [1.54, 1.807) is 24.3 Å². The predicted octanol–water partition coefficient (Wildman–Crippen LogP) is 4.52. The van der Waals surface area contributed by atoms with Crippen LogP contribution in [-0.4, -0.2) is 24.4 Å². The van der Waals surface area contributed by atoms with Crippen molar-refractivity contribution in [3.63, 3.8) is 0 Å². The van der Waals surface area contributed by atoms with Crippen LogP contribution in [0.4, 0.5) is 0 Å². The molecule has 5 rings (SSSR count). The van der Waals surface area contributed by atoms with Crippen LogP contribution in [0.15, 0.2) is 90.0 Å². The first-order valence-electron chi connectivity index (χ1n) is 10.6. The molecule has 3 aromatic carbocycles. The molecule has 0 N–H and O–H groups in total. The Morgan fingerprint density at radius 1 is 0.906 bits per heavy atom. The number of hydrogen-bond acceptors (Lipinski definition) is 5. The van der Waals surface area contributed by atoms with Crippen LogP contribution in [0.2, 0.25) is 0 Å². The number of Topliss-reactive ketones (excluding diaryl/α,β-unsaturated/α-hetero) is 1. The molecule has 2 atom stereocenters. The molecule has 6 heteroatoms. The highest BCUT2D eigenvalue weighted by Crippen LogP contribution is 2.48. The van der Waals surface area contributed by atoms with Gasteiger partial charge in [0.25, 0.3) is 0 Å². The average Bonchev–Trinajstić information content (AvgIpc) is 3.61. The summed E-state index contributed by atoms with van der Waals surface area (Å²) >= 11 is 0. The molecule has 0 saturated heterocycles. The van der Waals surface area contributed by atoms with Gasteiger partial charge in [0.05, 0.1) is 16.3 Å². The van der Waals surface area contributed by atoms with Gasteiger partial charge in [0.1, 0.15) is 5.78 Å². The van der Waals surface area contributed by atoms with Crippen LogP contribution in [0.5, 0.6) is 0 Å². The highest BCUT2D eigenvalue weighted by atomic mass is 32.2. The van der Waals surface area contributed by atoms with E-state index in [4.69, 9.17) is 0 Å². The van der Waals surface area contributed by atoms with Crippen LogP contribution in [0.25, 0.3) is 10.8 Å². The minimum absolute atomic E-state index is 0.00326. The molecule has 1 fully saturated rings. The van der Waals surface area contributed by atoms with Crippen molar-refractivity contribution in [2.75, 3.05) is 0 Å². The summed E-state index contributed by atoms with van der Waals surface area (Å²) in [5.41, 5.74) is 2.46. The lowest BCUT2D eigenvalue weighted by Gasteiger charge is -2.06. The van der Waals surface area contributed by atoms with Crippen molar-refractivity contribution >= 4 is 26.4 Å². The smallest absolute Gasteiger partial charge is 0.184 e. The second-order valence-electron chi connectivity index (χ2n) is 8.32. The molecule has 1 saturated carbocycles. The summed E-state index contributed by atoms with van der Waals surface area (Å²) in [6.45, 7) is 0. The van der Waals surface area contributed by atoms with Gasteiger partial charge in [0.15, 0.2) is 9.84 Å². The second kappa shape index (κ2) is 8.28. The molecule has 4 aromatic rings. The van der Waals surface area contributed by atoms with Gasteiger partial charge < -0.3 is 0 Å². The quantitative estimate of drug-likeness (QED) is 0.421. The molecule has 1 heterocycles. The summed E-state index contributed by atoms with van der Waals surface area (Å²) < 4.78 is 25.3. The molecule has 0 aliphatic heterocycles. The van der Waals surface area contributed by atoms with Gasteiger partial charge in [0, 0.05) is 18.5 Å². The van der Waals surface area contributed by atoms with Crippen LogP contribution in [0, 0.1) is 5.92 Å². The summed E-state index contributed by atoms with van der Waals surface area (Å²) in [6.07, 6.45) is 2.76. The van der Waals surface area contributed by atoms with Crippen LogP contribution >= 0.6 is 0 Å². The standard InChI is InChI=1S/C26H22N2O3S/c29-26(15-18-7-8-19-4-1-2-5-21(19)14-18)25-16-24(25)20-9-11-23(12-10-20)32(30,31)17-22-6-3-13-27-28-22/h1-14,24-25H,15-17H2/t24?,25-/m1/s1. The first-order valence-corrected chi connectivity index (χ1v) is 12.2. The molecular weight excluding hydrogens is 420 g/mol. The van der Waals surface area contributed by atoms with E-state index in [1.165, 1.54) is 11.6 Å². The van der Waals surface area contributed by atoms with Crippen molar-refractivity contribution in [2.24, 2.45) is 5.92 Å². The fourth-order valence-electron chi connectivity index (χ4n) is 4.21. The number of sulfone groups is 1. The number of carbonyl (C=O) groups excluding carboxylic acids is 1. The van der Waals surface area contributed by atoms with Gasteiger partial charge in [-0.15, -0.1) is 0 Å². The first kappa shape index (κ1) is 20.5. The van der Waals surface area contributed by atoms with Crippen molar-refractivity contribution in [3.05, 3.63) is 102 Å². The SMILES string of the molecule is O=C(Cc1ccc2ccccc2c1)[C@@H]1CC1c1ccc(S(=O)(=O)Cc2cccnn2)cc1. The fraction of sp³-hybridized carbons (Fsp3) is 0.192. The zero-order valence-electron chi connectivity index (χ0n) is 17.4. The molecular formula is C26H22N2O3S. The fourth-order valence-corrected chi connectivity index (χ4v) is 5.47. The largest absolute Gasteiger partial charge is 0.299 e. The predicted molar refractivity (Wildman–Crippen MR) is 123 cm³/mol. The Kier molecular flexibility index (Phi) is 5.31. The zero-order chi connectivity index (χ0) is 22.1. The van der Waals surface area contributed by atoms with Crippen molar-refractivity contribution in [1.29, 1.82) is 0 Å². The Morgan fingerprint density at radius 2 is 1.69 bits per heavy atom. The van der Waals surface area contributed by atoms with Gasteiger partial charge in [-0.1, -0.05) is 54.6 Å². The number of rotatable bonds is 7. The molecule has 1 aliphatic carbocycles. The number of carbonyl (C=O) groups is 1. The summed E-state index contributed by atoms with van der Waals surface area (Å²) in [4.78, 5) is 13.1. The van der Waals surface area contributed by atoms with Crippen LogP contribution < -0.4 is 0 Å². The molecule has 5 nitrogen and oxygen atoms in total. The Hall–Kier alpha value is -3.38. The third kappa shape index (κ3) is 4.32. The van der Waals surface area contributed by atoms with E-state index in [1.807, 2.05) is 30.3 Å². The number of nitrogens with zero attached hydrogens (tertiary/aromatic N) is 2. The summed E-state index contributed by atoms with van der Waals surface area (Å²) in [5, 5.41) is 9.90. The lowest BCUT2D eigenvalue weighted by molar-refractivity contribution is -0.119. The second-order valence-corrected chi connectivity index (χ2v) is 10.3. The topological polar surface area (TPSA) is 77.0 Å². The van der Waals surface area contributed by atoms with E-state index in [-0.39, 0.29) is 28.3 Å². The number of aromatic nitrogens is 2. The number of fused-ring (bicyclic) bond motifs is 1. The Bertz CT molecular complexity index is 1380. The van der Waals surface area contributed by atoms with Gasteiger partial charge in [-0.05, 0) is 58.5 Å². The summed E-state index contributed by atoms with van der Waals surface area (Å²) in [7, 11) is -3.49. The van der Waals surface area contributed by atoms with Crippen LogP contribution in [-0.2, 0) is 26.8 Å². The van der Waals surface area contributed by atoms with Gasteiger partial charge in [-0.25, -0.2) is 8.42 Å². The van der Waals surface area contributed by atoms with Gasteiger partial charge >= 0.3 is 0 Å². The molecule has 0 radical (unpaired) electrons. The molecule has 1 unspecified atom stereocenters. The minimum Gasteiger partial charge on any atom is -0.299 e. The van der Waals surface area contributed by atoms with Crippen LogP contribution in [0.3, 0.4) is 0 Å². The first-order chi connectivity index (χ1) is 15.5. The van der Waals surface area contributed by atoms with Gasteiger partial charge in [0.2, 0.25) is 0 Å². The van der Waals surface area contributed by atoms with E-state index in [0.717, 1.165) is 22.9 Å². The molecule has 0 amide bonds. The van der Waals surface area contributed by atoms with Gasteiger partial charge in [-0.3, -0.25) is 4.79 Å². The lowest BCUT2D eigenvalue weighted by Crippen LogP contribution is -2.07. The average molecular weight is 443 g/mol. The third-order valence-corrected chi connectivity index (χ3v) is 7.70. The van der Waals surface area contributed by atoms with Gasteiger partial charge in [-0.2, -0.15) is 10.2 Å². The van der Waals surface area contributed by atoms with Crippen molar-refractivity contribution in [1.82, 2.24) is 10.2 Å². The van der Waals surface area contributed by atoms with Crippen molar-refractivity contribution < 1.29 is 13.2 Å². The Balaban J connectivity index is 1.24. The third-order valence-electron chi connectivity index (χ3n) is 6.03. The Morgan fingerprint density at radius 3 is 2.44 bits per heavy atom. The monoisotopic (exact) mass is 442 g/mol. The highest BCUT2D eigenvalue weighted by molar-refractivity contribution is 7.90. The van der Waals surface area contributed by atoms with E-state index in [2.05, 4.69) is 34.5 Å². The minimum atomic E-state index is -3.49. The normalized spacial score (nSPS) is 17.9.